The zero-order valence-electron chi connectivity index (χ0n) is 22.0. The van der Waals surface area contributed by atoms with Gasteiger partial charge in [-0.2, -0.15) is 5.10 Å². The summed E-state index contributed by atoms with van der Waals surface area (Å²) < 4.78 is 14.0. The molecule has 0 saturated heterocycles. The van der Waals surface area contributed by atoms with E-state index in [1.807, 2.05) is 90.5 Å². The van der Waals surface area contributed by atoms with Crippen molar-refractivity contribution in [1.29, 1.82) is 0 Å². The minimum atomic E-state index is -0.606. The normalized spacial score (nSPS) is 12.3. The molecular weight excluding hydrogens is 462 g/mol. The first-order valence-electron chi connectivity index (χ1n) is 12.9. The summed E-state index contributed by atoms with van der Waals surface area (Å²) in [5, 5.41) is 15.7. The lowest BCUT2D eigenvalue weighted by Gasteiger charge is -2.26. The van der Waals surface area contributed by atoms with Crippen LogP contribution in [0.25, 0.3) is 5.69 Å². The van der Waals surface area contributed by atoms with Crippen LogP contribution in [0.4, 0.5) is 0 Å². The largest absolute Gasteiger partial charge is 0.439 e. The Morgan fingerprint density at radius 1 is 0.838 bits per heavy atom. The van der Waals surface area contributed by atoms with Gasteiger partial charge in [0.25, 0.3) is 0 Å². The van der Waals surface area contributed by atoms with Gasteiger partial charge in [-0.25, -0.2) is 4.68 Å². The fourth-order valence-corrected chi connectivity index (χ4v) is 4.21. The van der Waals surface area contributed by atoms with Gasteiger partial charge in [0, 0.05) is 26.2 Å². The van der Waals surface area contributed by atoms with Crippen LogP contribution in [0.1, 0.15) is 30.7 Å². The summed E-state index contributed by atoms with van der Waals surface area (Å²) in [5.41, 5.74) is 3.98. The highest BCUT2D eigenvalue weighted by Gasteiger charge is 2.23. The molecule has 3 aromatic carbocycles. The van der Waals surface area contributed by atoms with Crippen LogP contribution in [-0.4, -0.2) is 45.6 Å². The molecule has 0 amide bonds. The van der Waals surface area contributed by atoms with Crippen molar-refractivity contribution in [2.45, 2.75) is 40.0 Å². The zero-order valence-corrected chi connectivity index (χ0v) is 22.0. The minimum Gasteiger partial charge on any atom is -0.439 e. The second-order valence-electron chi connectivity index (χ2n) is 9.77. The molecule has 0 bridgehead atoms. The highest BCUT2D eigenvalue weighted by atomic mass is 16.5. The van der Waals surface area contributed by atoms with Gasteiger partial charge in [0.2, 0.25) is 5.88 Å². The van der Waals surface area contributed by atoms with Gasteiger partial charge < -0.3 is 14.6 Å². The summed E-state index contributed by atoms with van der Waals surface area (Å²) in [4.78, 5) is 2.23. The Bertz CT molecular complexity index is 1210. The highest BCUT2D eigenvalue weighted by molar-refractivity contribution is 5.43. The van der Waals surface area contributed by atoms with Gasteiger partial charge in [0.15, 0.2) is 0 Å². The monoisotopic (exact) mass is 499 g/mol. The fourth-order valence-electron chi connectivity index (χ4n) is 4.21. The van der Waals surface area contributed by atoms with Gasteiger partial charge >= 0.3 is 0 Å². The van der Waals surface area contributed by atoms with Crippen LogP contribution in [0, 0.1) is 12.8 Å². The van der Waals surface area contributed by atoms with Crippen molar-refractivity contribution >= 4 is 0 Å². The second-order valence-corrected chi connectivity index (χ2v) is 9.77. The van der Waals surface area contributed by atoms with Gasteiger partial charge in [0.05, 0.1) is 29.7 Å². The molecule has 0 radical (unpaired) electrons. The van der Waals surface area contributed by atoms with Gasteiger partial charge in [-0.3, -0.25) is 4.90 Å². The summed E-state index contributed by atoms with van der Waals surface area (Å²) in [7, 11) is 0. The molecule has 0 spiro atoms. The average Bonchev–Trinajstić information content (AvgIpc) is 3.20. The molecule has 1 heterocycles. The smallest absolute Gasteiger partial charge is 0.227 e. The number of para-hydroxylation sites is 2. The van der Waals surface area contributed by atoms with E-state index < -0.39 is 6.10 Å². The second kappa shape index (κ2) is 13.2. The standard InChI is InChI=1S/C31H37N3O3/c1-24(2)22-36-23-28(35)20-33(19-26-13-7-4-8-14-26)21-30-25(3)32-34(27-15-9-5-10-16-27)31(30)37-29-17-11-6-12-18-29/h4-18,24,28,35H,19-23H2,1-3H3. The van der Waals surface area contributed by atoms with E-state index in [-0.39, 0.29) is 0 Å². The summed E-state index contributed by atoms with van der Waals surface area (Å²) in [6, 6.07) is 30.1. The molecule has 1 atom stereocenters. The predicted molar refractivity (Wildman–Crippen MR) is 147 cm³/mol. The number of benzene rings is 3. The third kappa shape index (κ3) is 7.76. The molecule has 1 unspecified atom stereocenters. The molecule has 6 nitrogen and oxygen atoms in total. The van der Waals surface area contributed by atoms with Crippen LogP contribution < -0.4 is 4.74 Å². The van der Waals surface area contributed by atoms with Crippen molar-refractivity contribution in [3.05, 3.63) is 108 Å². The molecule has 6 heteroatoms. The topological polar surface area (TPSA) is 59.8 Å². The molecule has 37 heavy (non-hydrogen) atoms. The van der Waals surface area contributed by atoms with E-state index in [2.05, 4.69) is 30.9 Å². The number of hydrogen-bond acceptors (Lipinski definition) is 5. The Hall–Kier alpha value is -3.45. The van der Waals surface area contributed by atoms with Crippen LogP contribution in [0.2, 0.25) is 0 Å². The van der Waals surface area contributed by atoms with Gasteiger partial charge in [-0.15, -0.1) is 0 Å². The van der Waals surface area contributed by atoms with Crippen molar-refractivity contribution in [1.82, 2.24) is 14.7 Å². The zero-order chi connectivity index (χ0) is 26.0. The maximum absolute atomic E-state index is 10.8. The Balaban J connectivity index is 1.64. The maximum atomic E-state index is 10.8. The number of aliphatic hydroxyl groups excluding tert-OH is 1. The molecule has 0 saturated carbocycles. The van der Waals surface area contributed by atoms with Crippen LogP contribution in [-0.2, 0) is 17.8 Å². The van der Waals surface area contributed by atoms with E-state index in [0.29, 0.717) is 44.6 Å². The van der Waals surface area contributed by atoms with E-state index in [0.717, 1.165) is 22.7 Å². The molecule has 0 aliphatic heterocycles. The lowest BCUT2D eigenvalue weighted by Crippen LogP contribution is -2.34. The van der Waals surface area contributed by atoms with Crippen molar-refractivity contribution in [3.8, 4) is 17.3 Å². The molecule has 0 aliphatic carbocycles. The molecule has 194 valence electrons. The van der Waals surface area contributed by atoms with Crippen molar-refractivity contribution in [2.24, 2.45) is 5.92 Å². The number of rotatable bonds is 13. The van der Waals surface area contributed by atoms with E-state index in [1.165, 1.54) is 5.56 Å². The first kappa shape index (κ1) is 26.6. The molecule has 4 rings (SSSR count). The Labute approximate surface area is 220 Å². The summed E-state index contributed by atoms with van der Waals surface area (Å²) in [6.45, 7) is 8.88. The van der Waals surface area contributed by atoms with E-state index in [9.17, 15) is 5.11 Å². The molecular formula is C31H37N3O3. The number of aryl methyl sites for hydroxylation is 1. The number of nitrogens with zero attached hydrogens (tertiary/aromatic N) is 3. The average molecular weight is 500 g/mol. The number of aliphatic hydroxyl groups is 1. The van der Waals surface area contributed by atoms with Crippen LogP contribution in [0.3, 0.4) is 0 Å². The lowest BCUT2D eigenvalue weighted by molar-refractivity contribution is 0.00543. The van der Waals surface area contributed by atoms with Crippen LogP contribution in [0.15, 0.2) is 91.0 Å². The van der Waals surface area contributed by atoms with E-state index in [1.54, 1.807) is 0 Å². The fraction of sp³-hybridized carbons (Fsp3) is 0.323. The Morgan fingerprint density at radius 3 is 2.11 bits per heavy atom. The Kier molecular flexibility index (Phi) is 9.49. The maximum Gasteiger partial charge on any atom is 0.227 e. The molecule has 1 aromatic heterocycles. The molecule has 4 aromatic rings. The SMILES string of the molecule is Cc1nn(-c2ccccc2)c(Oc2ccccc2)c1CN(Cc1ccccc1)CC(O)COCC(C)C. The summed E-state index contributed by atoms with van der Waals surface area (Å²) >= 11 is 0. The first-order chi connectivity index (χ1) is 18.0. The molecule has 1 N–H and O–H groups in total. The first-order valence-corrected chi connectivity index (χ1v) is 12.9. The quantitative estimate of drug-likeness (QED) is 0.244. The van der Waals surface area contributed by atoms with E-state index in [4.69, 9.17) is 14.6 Å². The lowest BCUT2D eigenvalue weighted by atomic mass is 10.1. The highest BCUT2D eigenvalue weighted by Crippen LogP contribution is 2.32. The summed E-state index contributed by atoms with van der Waals surface area (Å²) in [5.74, 6) is 1.85. The van der Waals surface area contributed by atoms with Crippen molar-refractivity contribution in [3.63, 3.8) is 0 Å². The van der Waals surface area contributed by atoms with Gasteiger partial charge in [-0.05, 0) is 42.7 Å². The minimum absolute atomic E-state index is 0.305. The third-order valence-corrected chi connectivity index (χ3v) is 5.96. The van der Waals surface area contributed by atoms with E-state index >= 15 is 0 Å². The number of aromatic nitrogens is 2. The van der Waals surface area contributed by atoms with Crippen LogP contribution in [0.5, 0.6) is 11.6 Å². The van der Waals surface area contributed by atoms with Gasteiger partial charge in [-0.1, -0.05) is 80.6 Å². The molecule has 0 fully saturated rings. The predicted octanol–water partition coefficient (Wildman–Crippen LogP) is 6.01. The number of ether oxygens (including phenoxy) is 2. The summed E-state index contributed by atoms with van der Waals surface area (Å²) in [6.07, 6.45) is -0.606. The molecule has 0 aliphatic rings. The Morgan fingerprint density at radius 2 is 1.46 bits per heavy atom. The van der Waals surface area contributed by atoms with Crippen molar-refractivity contribution < 1.29 is 14.6 Å². The van der Waals surface area contributed by atoms with Gasteiger partial charge in [0.1, 0.15) is 5.75 Å². The number of hydrogen-bond donors (Lipinski definition) is 1. The van der Waals surface area contributed by atoms with Crippen molar-refractivity contribution in [2.75, 3.05) is 19.8 Å². The third-order valence-electron chi connectivity index (χ3n) is 5.96. The van der Waals surface area contributed by atoms with Crippen LogP contribution >= 0.6 is 0 Å².